The van der Waals surface area contributed by atoms with Crippen LogP contribution in [0.2, 0.25) is 5.02 Å². The third kappa shape index (κ3) is 3.63. The first-order valence-corrected chi connectivity index (χ1v) is 9.95. The second kappa shape index (κ2) is 6.93. The average molecular weight is 359 g/mol. The highest BCUT2D eigenvalue weighted by atomic mass is 35.5. The van der Waals surface area contributed by atoms with Crippen LogP contribution in [0.1, 0.15) is 32.1 Å². The molecule has 6 nitrogen and oxygen atoms in total. The maximum atomic E-state index is 13.0. The number of hydrogen-bond donors (Lipinski definition) is 1. The maximum absolute atomic E-state index is 13.0. The van der Waals surface area contributed by atoms with Crippen molar-refractivity contribution >= 4 is 27.4 Å². The summed E-state index contributed by atoms with van der Waals surface area (Å²) in [5, 5.41) is 0.281. The number of sulfonamides is 1. The van der Waals surface area contributed by atoms with Crippen LogP contribution in [-0.2, 0) is 10.0 Å². The lowest BCUT2D eigenvalue weighted by molar-refractivity contribution is 0.209. The summed E-state index contributed by atoms with van der Waals surface area (Å²) in [6, 6.07) is 1.69. The number of nitrogens with zero attached hydrogens (tertiary/aromatic N) is 3. The predicted octanol–water partition coefficient (Wildman–Crippen LogP) is 1.96. The van der Waals surface area contributed by atoms with Gasteiger partial charge in [-0.25, -0.2) is 13.4 Å². The van der Waals surface area contributed by atoms with Gasteiger partial charge in [0.2, 0.25) is 10.0 Å². The summed E-state index contributed by atoms with van der Waals surface area (Å²) in [7, 11) is -3.67. The summed E-state index contributed by atoms with van der Waals surface area (Å²) in [5.74, 6) is 0.0105. The van der Waals surface area contributed by atoms with E-state index in [1.165, 1.54) is 25.1 Å². The van der Waals surface area contributed by atoms with E-state index < -0.39 is 10.0 Å². The van der Waals surface area contributed by atoms with Crippen molar-refractivity contribution in [3.63, 3.8) is 0 Å². The van der Waals surface area contributed by atoms with Gasteiger partial charge in [0.05, 0.1) is 5.02 Å². The first-order chi connectivity index (χ1) is 11.0. The number of rotatable bonds is 3. The Morgan fingerprint density at radius 1 is 1.17 bits per heavy atom. The molecule has 1 atom stereocenters. The van der Waals surface area contributed by atoms with E-state index in [4.69, 9.17) is 17.3 Å². The first-order valence-electron chi connectivity index (χ1n) is 8.14. The molecule has 0 amide bonds. The quantitative estimate of drug-likeness (QED) is 0.893. The monoisotopic (exact) mass is 358 g/mol. The van der Waals surface area contributed by atoms with E-state index in [1.807, 2.05) is 0 Å². The van der Waals surface area contributed by atoms with Gasteiger partial charge in [-0.3, -0.25) is 4.90 Å². The molecule has 0 spiro atoms. The molecule has 0 radical (unpaired) electrons. The first kappa shape index (κ1) is 17.0. The average Bonchev–Trinajstić information content (AvgIpc) is 2.93. The molecule has 0 saturated carbocycles. The van der Waals surface area contributed by atoms with Gasteiger partial charge in [0, 0.05) is 25.3 Å². The lowest BCUT2D eigenvalue weighted by Crippen LogP contribution is -2.43. The summed E-state index contributed by atoms with van der Waals surface area (Å²) in [6.07, 6.45) is 6.75. The van der Waals surface area contributed by atoms with E-state index >= 15 is 0 Å². The highest BCUT2D eigenvalue weighted by Crippen LogP contribution is 2.28. The Labute approximate surface area is 142 Å². The fourth-order valence-corrected chi connectivity index (χ4v) is 5.32. The fraction of sp³-hybridized carbons (Fsp3) is 0.667. The van der Waals surface area contributed by atoms with Gasteiger partial charge in [0.15, 0.2) is 0 Å². The second-order valence-electron chi connectivity index (χ2n) is 6.29. The largest absolute Gasteiger partial charge is 0.383 e. The van der Waals surface area contributed by atoms with Crippen molar-refractivity contribution < 1.29 is 8.42 Å². The number of nitrogen functional groups attached to an aromatic ring is 1. The molecule has 0 aromatic carbocycles. The Bertz CT molecular complexity index is 661. The standard InChI is InChI=1S/C15H23ClN4O2S/c16-12-9-14(15(17)18-10-12)23(21,22)20-8-2-1-5-13(11-20)19-6-3-4-7-19/h9-10,13H,1-8,11H2,(H2,17,18)/t13-/m0/s1. The van der Waals surface area contributed by atoms with E-state index in [0.717, 1.165) is 32.4 Å². The van der Waals surface area contributed by atoms with Crippen molar-refractivity contribution in [1.29, 1.82) is 0 Å². The normalized spacial score (nSPS) is 24.7. The molecule has 128 valence electrons. The molecule has 2 aliphatic rings. The molecule has 0 aliphatic carbocycles. The molecule has 2 aliphatic heterocycles. The highest BCUT2D eigenvalue weighted by Gasteiger charge is 2.33. The van der Waals surface area contributed by atoms with Crippen molar-refractivity contribution in [2.24, 2.45) is 0 Å². The minimum absolute atomic E-state index is 0.0105. The van der Waals surface area contributed by atoms with E-state index in [9.17, 15) is 8.42 Å². The van der Waals surface area contributed by atoms with Crippen LogP contribution in [-0.4, -0.2) is 54.8 Å². The topological polar surface area (TPSA) is 79.5 Å². The van der Waals surface area contributed by atoms with Crippen molar-refractivity contribution in [2.75, 3.05) is 31.9 Å². The van der Waals surface area contributed by atoms with Crippen LogP contribution >= 0.6 is 11.6 Å². The molecule has 1 aromatic rings. The summed E-state index contributed by atoms with van der Waals surface area (Å²) in [5.41, 5.74) is 5.79. The number of nitrogens with two attached hydrogens (primary N) is 1. The summed E-state index contributed by atoms with van der Waals surface area (Å²) in [6.45, 7) is 3.19. The molecule has 2 fully saturated rings. The van der Waals surface area contributed by atoms with E-state index in [2.05, 4.69) is 9.88 Å². The smallest absolute Gasteiger partial charge is 0.246 e. The van der Waals surface area contributed by atoms with Crippen LogP contribution < -0.4 is 5.73 Å². The van der Waals surface area contributed by atoms with Gasteiger partial charge in [-0.2, -0.15) is 4.31 Å². The molecular formula is C15H23ClN4O2S. The molecule has 2 N–H and O–H groups in total. The van der Waals surface area contributed by atoms with E-state index in [-0.39, 0.29) is 15.7 Å². The Hall–Kier alpha value is -0.890. The lowest BCUT2D eigenvalue weighted by atomic mass is 10.1. The number of anilines is 1. The Morgan fingerprint density at radius 2 is 1.87 bits per heavy atom. The van der Waals surface area contributed by atoms with Gasteiger partial charge >= 0.3 is 0 Å². The Kier molecular flexibility index (Phi) is 5.10. The zero-order valence-corrected chi connectivity index (χ0v) is 14.7. The third-order valence-electron chi connectivity index (χ3n) is 4.73. The molecular weight excluding hydrogens is 336 g/mol. The molecule has 2 saturated heterocycles. The lowest BCUT2D eigenvalue weighted by Gasteiger charge is -2.30. The Balaban J connectivity index is 1.86. The number of hydrogen-bond acceptors (Lipinski definition) is 5. The zero-order chi connectivity index (χ0) is 16.4. The molecule has 0 bridgehead atoms. The van der Waals surface area contributed by atoms with Crippen molar-refractivity contribution in [1.82, 2.24) is 14.2 Å². The Morgan fingerprint density at radius 3 is 2.61 bits per heavy atom. The molecule has 3 rings (SSSR count). The maximum Gasteiger partial charge on any atom is 0.246 e. The van der Waals surface area contributed by atoms with Crippen LogP contribution in [0.15, 0.2) is 17.2 Å². The van der Waals surface area contributed by atoms with Gasteiger partial charge in [-0.1, -0.05) is 18.0 Å². The molecule has 23 heavy (non-hydrogen) atoms. The van der Waals surface area contributed by atoms with Gasteiger partial charge in [-0.15, -0.1) is 0 Å². The van der Waals surface area contributed by atoms with Crippen molar-refractivity contribution in [3.8, 4) is 0 Å². The molecule has 0 unspecified atom stereocenters. The van der Waals surface area contributed by atoms with Crippen LogP contribution in [0.4, 0.5) is 5.82 Å². The van der Waals surface area contributed by atoms with Gasteiger partial charge in [0.1, 0.15) is 10.7 Å². The minimum atomic E-state index is -3.67. The predicted molar refractivity (Wildman–Crippen MR) is 90.9 cm³/mol. The second-order valence-corrected chi connectivity index (χ2v) is 8.64. The minimum Gasteiger partial charge on any atom is -0.383 e. The highest BCUT2D eigenvalue weighted by molar-refractivity contribution is 7.89. The number of aromatic nitrogens is 1. The van der Waals surface area contributed by atoms with Crippen LogP contribution in [0, 0.1) is 0 Å². The van der Waals surface area contributed by atoms with E-state index in [1.54, 1.807) is 4.31 Å². The summed E-state index contributed by atoms with van der Waals surface area (Å²) >= 11 is 5.92. The van der Waals surface area contributed by atoms with Crippen molar-refractivity contribution in [3.05, 3.63) is 17.3 Å². The number of halogens is 1. The van der Waals surface area contributed by atoms with Gasteiger partial charge < -0.3 is 5.73 Å². The zero-order valence-electron chi connectivity index (χ0n) is 13.1. The number of likely N-dealkylation sites (tertiary alicyclic amines) is 1. The van der Waals surface area contributed by atoms with E-state index in [0.29, 0.717) is 19.1 Å². The molecule has 1 aromatic heterocycles. The third-order valence-corrected chi connectivity index (χ3v) is 6.83. The van der Waals surface area contributed by atoms with Gasteiger partial charge in [0.25, 0.3) is 0 Å². The van der Waals surface area contributed by atoms with Crippen LogP contribution in [0.5, 0.6) is 0 Å². The fourth-order valence-electron chi connectivity index (χ4n) is 3.49. The van der Waals surface area contributed by atoms with Crippen molar-refractivity contribution in [2.45, 2.75) is 43.0 Å². The SMILES string of the molecule is Nc1ncc(Cl)cc1S(=O)(=O)N1CCCC[C@H](N2CCCC2)C1. The number of pyridine rings is 1. The summed E-state index contributed by atoms with van der Waals surface area (Å²) < 4.78 is 27.6. The van der Waals surface area contributed by atoms with Gasteiger partial charge in [-0.05, 0) is 44.8 Å². The molecule has 3 heterocycles. The summed E-state index contributed by atoms with van der Waals surface area (Å²) in [4.78, 5) is 6.33. The molecule has 8 heteroatoms. The van der Waals surface area contributed by atoms with Crippen LogP contribution in [0.3, 0.4) is 0 Å². The van der Waals surface area contributed by atoms with Crippen LogP contribution in [0.25, 0.3) is 0 Å².